The summed E-state index contributed by atoms with van der Waals surface area (Å²) in [6.07, 6.45) is 6.35. The summed E-state index contributed by atoms with van der Waals surface area (Å²) in [6.45, 7) is 1.57. The third kappa shape index (κ3) is 4.03. The smallest absolute Gasteiger partial charge is 0.332 e. The van der Waals surface area contributed by atoms with Crippen molar-refractivity contribution in [3.05, 3.63) is 35.4 Å². The Bertz CT molecular complexity index is 668. The third-order valence-corrected chi connectivity index (χ3v) is 5.41. The summed E-state index contributed by atoms with van der Waals surface area (Å²) in [5.41, 5.74) is 0.773. The van der Waals surface area contributed by atoms with Crippen LogP contribution in [0, 0.1) is 11.8 Å². The Morgan fingerprint density at radius 2 is 1.84 bits per heavy atom. The van der Waals surface area contributed by atoms with Crippen LogP contribution in [0.1, 0.15) is 37.7 Å². The highest BCUT2D eigenvalue weighted by molar-refractivity contribution is 5.98. The van der Waals surface area contributed by atoms with E-state index >= 15 is 0 Å². The van der Waals surface area contributed by atoms with Gasteiger partial charge in [-0.15, -0.1) is 0 Å². The van der Waals surface area contributed by atoms with Gasteiger partial charge in [0.25, 0.3) is 0 Å². The molecule has 1 aliphatic carbocycles. The van der Waals surface area contributed by atoms with Crippen LogP contribution >= 0.6 is 0 Å². The zero-order chi connectivity index (χ0) is 17.8. The Labute approximate surface area is 148 Å². The number of hydrogen-bond donors (Lipinski definition) is 1. The number of hydrogen-bond acceptors (Lipinski definition) is 3. The fraction of sp³-hybridized carbons (Fsp3) is 0.500. The molecule has 1 aromatic rings. The third-order valence-electron chi connectivity index (χ3n) is 5.41. The summed E-state index contributed by atoms with van der Waals surface area (Å²) in [4.78, 5) is 26.1. The standard InChI is InChI=1S/C20H25NO4/c1-25-18-9-5-4-6-14(18)10-17(20(23)24)11-19(22)21-12-15-7-2-3-8-16(15)13-21/h4-6,9-10,15-16H,2-3,7-8,11-13H2,1H3,(H,23,24)/b17-10-. The second-order valence-electron chi connectivity index (χ2n) is 7.00. The highest BCUT2D eigenvalue weighted by Crippen LogP contribution is 2.36. The second kappa shape index (κ2) is 7.72. The van der Waals surface area contributed by atoms with E-state index in [-0.39, 0.29) is 17.9 Å². The average molecular weight is 343 g/mol. The van der Waals surface area contributed by atoms with Crippen molar-refractivity contribution in [3.8, 4) is 5.75 Å². The van der Waals surface area contributed by atoms with Crippen molar-refractivity contribution in [1.29, 1.82) is 0 Å². The predicted octanol–water partition coefficient (Wildman–Crippen LogP) is 3.20. The monoisotopic (exact) mass is 343 g/mol. The molecule has 1 N–H and O–H groups in total. The molecule has 1 saturated carbocycles. The molecule has 0 aromatic heterocycles. The number of rotatable bonds is 5. The van der Waals surface area contributed by atoms with Crippen LogP contribution in [0.4, 0.5) is 0 Å². The lowest BCUT2D eigenvalue weighted by Crippen LogP contribution is -2.29. The zero-order valence-corrected chi connectivity index (χ0v) is 14.6. The van der Waals surface area contributed by atoms with Crippen molar-refractivity contribution < 1.29 is 19.4 Å². The summed E-state index contributed by atoms with van der Waals surface area (Å²) >= 11 is 0. The van der Waals surface area contributed by atoms with Gasteiger partial charge in [-0.25, -0.2) is 4.79 Å². The van der Waals surface area contributed by atoms with Crippen LogP contribution in [-0.2, 0) is 9.59 Å². The molecule has 0 bridgehead atoms. The van der Waals surface area contributed by atoms with Gasteiger partial charge in [0, 0.05) is 24.2 Å². The van der Waals surface area contributed by atoms with Crippen molar-refractivity contribution in [2.24, 2.45) is 11.8 Å². The lowest BCUT2D eigenvalue weighted by Gasteiger charge is -2.22. The summed E-state index contributed by atoms with van der Waals surface area (Å²) in [5.74, 6) is 0.656. The number of likely N-dealkylation sites (tertiary alicyclic amines) is 1. The lowest BCUT2D eigenvalue weighted by molar-refractivity contribution is -0.136. The number of carbonyl (C=O) groups is 2. The first kappa shape index (κ1) is 17.5. The molecule has 1 heterocycles. The van der Waals surface area contributed by atoms with Crippen LogP contribution in [0.5, 0.6) is 5.75 Å². The Morgan fingerprint density at radius 3 is 2.44 bits per heavy atom. The van der Waals surface area contributed by atoms with Crippen molar-refractivity contribution in [1.82, 2.24) is 4.90 Å². The van der Waals surface area contributed by atoms with Gasteiger partial charge in [0.05, 0.1) is 13.5 Å². The highest BCUT2D eigenvalue weighted by Gasteiger charge is 2.36. The molecule has 1 amide bonds. The van der Waals surface area contributed by atoms with Crippen LogP contribution < -0.4 is 4.74 Å². The summed E-state index contributed by atoms with van der Waals surface area (Å²) in [5, 5.41) is 9.52. The Hall–Kier alpha value is -2.30. The highest BCUT2D eigenvalue weighted by atomic mass is 16.5. The minimum absolute atomic E-state index is 0.0766. The van der Waals surface area contributed by atoms with E-state index in [0.717, 1.165) is 13.1 Å². The number of carbonyl (C=O) groups excluding carboxylic acids is 1. The van der Waals surface area contributed by atoms with Gasteiger partial charge >= 0.3 is 5.97 Å². The van der Waals surface area contributed by atoms with Gasteiger partial charge in [-0.2, -0.15) is 0 Å². The number of amides is 1. The normalized spacial score (nSPS) is 23.2. The molecule has 1 aromatic carbocycles. The SMILES string of the molecule is COc1ccccc1/C=C(/CC(=O)N1CC2CCCCC2C1)C(=O)O. The molecule has 5 heteroatoms. The number of carboxylic acids is 1. The van der Waals surface area contributed by atoms with Gasteiger partial charge in [0.1, 0.15) is 5.75 Å². The molecular formula is C20H25NO4. The number of carboxylic acid groups (broad SMARTS) is 1. The molecule has 1 saturated heterocycles. The van der Waals surface area contributed by atoms with Crippen LogP contribution in [0.3, 0.4) is 0 Å². The Kier molecular flexibility index (Phi) is 5.41. The van der Waals surface area contributed by atoms with E-state index in [1.807, 2.05) is 17.0 Å². The van der Waals surface area contributed by atoms with E-state index in [4.69, 9.17) is 4.74 Å². The summed E-state index contributed by atoms with van der Waals surface area (Å²) in [6, 6.07) is 7.21. The molecule has 1 aliphatic heterocycles. The molecule has 2 atom stereocenters. The van der Waals surface area contributed by atoms with E-state index in [2.05, 4.69) is 0 Å². The Balaban J connectivity index is 1.72. The molecule has 3 rings (SSSR count). The maximum absolute atomic E-state index is 12.6. The summed E-state index contributed by atoms with van der Waals surface area (Å²) in [7, 11) is 1.55. The lowest BCUT2D eigenvalue weighted by atomic mass is 9.82. The average Bonchev–Trinajstić information content (AvgIpc) is 3.05. The predicted molar refractivity (Wildman–Crippen MR) is 95.3 cm³/mol. The van der Waals surface area contributed by atoms with Crippen molar-refractivity contribution >= 4 is 18.0 Å². The van der Waals surface area contributed by atoms with Gasteiger partial charge in [-0.3, -0.25) is 4.79 Å². The van der Waals surface area contributed by atoms with Crippen molar-refractivity contribution in [3.63, 3.8) is 0 Å². The minimum atomic E-state index is -1.06. The van der Waals surface area contributed by atoms with Crippen LogP contribution in [-0.4, -0.2) is 42.1 Å². The molecular weight excluding hydrogens is 318 g/mol. The zero-order valence-electron chi connectivity index (χ0n) is 14.6. The number of benzene rings is 1. The van der Waals surface area contributed by atoms with E-state index < -0.39 is 5.97 Å². The van der Waals surface area contributed by atoms with E-state index in [9.17, 15) is 14.7 Å². The molecule has 0 radical (unpaired) electrons. The van der Waals surface area contributed by atoms with Gasteiger partial charge in [-0.1, -0.05) is 31.0 Å². The first-order valence-corrected chi connectivity index (χ1v) is 8.93. The van der Waals surface area contributed by atoms with Gasteiger partial charge < -0.3 is 14.7 Å². The van der Waals surface area contributed by atoms with Gasteiger partial charge in [0.15, 0.2) is 0 Å². The molecule has 2 unspecified atom stereocenters. The van der Waals surface area contributed by atoms with E-state index in [0.29, 0.717) is 23.1 Å². The van der Waals surface area contributed by atoms with Crippen LogP contribution in [0.25, 0.3) is 6.08 Å². The number of nitrogens with zero attached hydrogens (tertiary/aromatic N) is 1. The first-order chi connectivity index (χ1) is 12.1. The molecule has 25 heavy (non-hydrogen) atoms. The number of fused-ring (bicyclic) bond motifs is 1. The molecule has 0 spiro atoms. The van der Waals surface area contributed by atoms with Gasteiger partial charge in [0.2, 0.25) is 5.91 Å². The van der Waals surface area contributed by atoms with Crippen LogP contribution in [0.2, 0.25) is 0 Å². The molecule has 134 valence electrons. The molecule has 5 nitrogen and oxygen atoms in total. The molecule has 2 fully saturated rings. The number of methoxy groups -OCH3 is 1. The maximum atomic E-state index is 12.6. The fourth-order valence-electron chi connectivity index (χ4n) is 4.05. The van der Waals surface area contributed by atoms with Crippen molar-refractivity contribution in [2.75, 3.05) is 20.2 Å². The van der Waals surface area contributed by atoms with E-state index in [1.165, 1.54) is 25.7 Å². The molecule has 2 aliphatic rings. The fourth-order valence-corrected chi connectivity index (χ4v) is 4.05. The number of aliphatic carboxylic acids is 1. The Morgan fingerprint density at radius 1 is 1.20 bits per heavy atom. The quantitative estimate of drug-likeness (QED) is 0.834. The van der Waals surface area contributed by atoms with E-state index in [1.54, 1.807) is 25.3 Å². The van der Waals surface area contributed by atoms with Crippen LogP contribution in [0.15, 0.2) is 29.8 Å². The minimum Gasteiger partial charge on any atom is -0.496 e. The summed E-state index contributed by atoms with van der Waals surface area (Å²) < 4.78 is 5.26. The largest absolute Gasteiger partial charge is 0.496 e. The van der Waals surface area contributed by atoms with Gasteiger partial charge in [-0.05, 0) is 36.8 Å². The second-order valence-corrected chi connectivity index (χ2v) is 7.00. The maximum Gasteiger partial charge on any atom is 0.332 e. The number of para-hydroxylation sites is 1. The van der Waals surface area contributed by atoms with Crippen molar-refractivity contribution in [2.45, 2.75) is 32.1 Å². The first-order valence-electron chi connectivity index (χ1n) is 8.93. The number of ether oxygens (including phenoxy) is 1. The topological polar surface area (TPSA) is 66.8 Å².